The highest BCUT2D eigenvalue weighted by Gasteiger charge is 2.06. The summed E-state index contributed by atoms with van der Waals surface area (Å²) in [5.41, 5.74) is 8.46. The van der Waals surface area contributed by atoms with Crippen molar-refractivity contribution in [2.75, 3.05) is 5.73 Å². The minimum absolute atomic E-state index is 0.436. The number of aromatic amines is 1. The van der Waals surface area contributed by atoms with Gasteiger partial charge in [-0.15, -0.1) is 0 Å². The van der Waals surface area contributed by atoms with Crippen LogP contribution in [0.4, 0.5) is 5.82 Å². The van der Waals surface area contributed by atoms with Crippen molar-refractivity contribution < 1.29 is 0 Å². The second-order valence-corrected chi connectivity index (χ2v) is 3.89. The van der Waals surface area contributed by atoms with Gasteiger partial charge >= 0.3 is 0 Å². The number of pyridine rings is 1. The second kappa shape index (κ2) is 3.86. The van der Waals surface area contributed by atoms with Crippen LogP contribution in [0.1, 0.15) is 5.56 Å². The van der Waals surface area contributed by atoms with E-state index in [1.165, 1.54) is 0 Å². The molecule has 0 atom stereocenters. The number of hydrogen-bond acceptors (Lipinski definition) is 4. The highest BCUT2D eigenvalue weighted by atomic mass is 15.0. The predicted molar refractivity (Wildman–Crippen MR) is 68.5 cm³/mol. The highest BCUT2D eigenvalue weighted by Crippen LogP contribution is 2.20. The number of rotatable bonds is 1. The maximum Gasteiger partial charge on any atom is 0.180 e. The third kappa shape index (κ3) is 1.66. The van der Waals surface area contributed by atoms with Gasteiger partial charge in [0.15, 0.2) is 5.65 Å². The average Bonchev–Trinajstić information content (AvgIpc) is 2.81. The van der Waals surface area contributed by atoms with E-state index in [0.29, 0.717) is 22.9 Å². The van der Waals surface area contributed by atoms with Crippen LogP contribution >= 0.6 is 0 Å². The van der Waals surface area contributed by atoms with Crippen LogP contribution in [-0.4, -0.2) is 15.0 Å². The van der Waals surface area contributed by atoms with Gasteiger partial charge in [0.05, 0.1) is 17.1 Å². The fraction of sp³-hybridized carbons (Fsp3) is 0. The molecule has 0 saturated carbocycles. The van der Waals surface area contributed by atoms with Crippen LogP contribution in [0, 0.1) is 11.3 Å². The molecule has 0 fully saturated rings. The van der Waals surface area contributed by atoms with Crippen molar-refractivity contribution in [2.45, 2.75) is 0 Å². The molecule has 3 aromatic rings. The number of nitrogen functional groups attached to an aromatic ring is 1. The Bertz CT molecular complexity index is 766. The molecule has 5 nitrogen and oxygen atoms in total. The van der Waals surface area contributed by atoms with E-state index in [1.807, 2.05) is 18.2 Å². The van der Waals surface area contributed by atoms with Gasteiger partial charge in [-0.1, -0.05) is 12.1 Å². The van der Waals surface area contributed by atoms with Gasteiger partial charge in [-0.2, -0.15) is 5.26 Å². The molecule has 0 aliphatic rings. The molecule has 0 aliphatic carbocycles. The van der Waals surface area contributed by atoms with Crippen molar-refractivity contribution >= 4 is 17.0 Å². The lowest BCUT2D eigenvalue weighted by molar-refractivity contribution is 1.30. The van der Waals surface area contributed by atoms with Crippen LogP contribution in [0.5, 0.6) is 0 Å². The summed E-state index contributed by atoms with van der Waals surface area (Å²) in [7, 11) is 0. The zero-order valence-electron chi connectivity index (χ0n) is 9.38. The van der Waals surface area contributed by atoms with Crippen molar-refractivity contribution in [1.29, 1.82) is 5.26 Å². The normalized spacial score (nSPS) is 10.4. The Morgan fingerprint density at radius 1 is 1.17 bits per heavy atom. The summed E-state index contributed by atoms with van der Waals surface area (Å²) < 4.78 is 0. The van der Waals surface area contributed by atoms with Crippen LogP contribution in [0.2, 0.25) is 0 Å². The maximum atomic E-state index is 8.88. The van der Waals surface area contributed by atoms with Crippen molar-refractivity contribution in [3.05, 3.63) is 42.0 Å². The van der Waals surface area contributed by atoms with Crippen LogP contribution in [0.15, 0.2) is 36.4 Å². The minimum atomic E-state index is 0.436. The zero-order chi connectivity index (χ0) is 12.5. The molecule has 3 N–H and O–H groups in total. The minimum Gasteiger partial charge on any atom is -0.384 e. The van der Waals surface area contributed by atoms with Crippen molar-refractivity contribution in [3.8, 4) is 17.5 Å². The molecule has 3 rings (SSSR count). The molecule has 18 heavy (non-hydrogen) atoms. The monoisotopic (exact) mass is 235 g/mol. The number of aromatic nitrogens is 3. The number of benzene rings is 1. The van der Waals surface area contributed by atoms with E-state index >= 15 is 0 Å². The average molecular weight is 235 g/mol. The van der Waals surface area contributed by atoms with E-state index in [0.717, 1.165) is 11.1 Å². The van der Waals surface area contributed by atoms with Crippen LogP contribution in [-0.2, 0) is 0 Å². The topological polar surface area (TPSA) is 91.4 Å². The molecule has 2 aromatic heterocycles. The number of H-pyrrole nitrogens is 1. The number of fused-ring (bicyclic) bond motifs is 1. The number of nitrogens with two attached hydrogens (primary N) is 1. The standard InChI is InChI=1S/C13H9N5/c14-7-8-2-1-3-9(6-8)12-16-10-4-5-11(15)17-13(10)18-12/h1-6H,(H3,15,16,17,18). The van der Waals surface area contributed by atoms with Gasteiger partial charge in [-0.3, -0.25) is 0 Å². The van der Waals surface area contributed by atoms with Crippen molar-refractivity contribution in [2.24, 2.45) is 0 Å². The van der Waals surface area contributed by atoms with Crippen molar-refractivity contribution in [1.82, 2.24) is 15.0 Å². The first-order chi connectivity index (χ1) is 8.76. The molecule has 1 aromatic carbocycles. The smallest absolute Gasteiger partial charge is 0.180 e. The first-order valence-corrected chi connectivity index (χ1v) is 5.39. The Morgan fingerprint density at radius 2 is 2.06 bits per heavy atom. The number of hydrogen-bond donors (Lipinski definition) is 2. The SMILES string of the molecule is N#Cc1cccc(-c2nc3nc(N)ccc3[nH]2)c1. The summed E-state index contributed by atoms with van der Waals surface area (Å²) in [6.07, 6.45) is 0. The molecule has 2 heterocycles. The molecule has 5 heteroatoms. The molecular weight excluding hydrogens is 226 g/mol. The molecule has 0 spiro atoms. The highest BCUT2D eigenvalue weighted by molar-refractivity contribution is 5.77. The maximum absolute atomic E-state index is 8.88. The summed E-state index contributed by atoms with van der Waals surface area (Å²) in [6.45, 7) is 0. The van der Waals surface area contributed by atoms with Crippen molar-refractivity contribution in [3.63, 3.8) is 0 Å². The fourth-order valence-electron chi connectivity index (χ4n) is 1.78. The number of nitrogens with one attached hydrogen (secondary N) is 1. The quantitative estimate of drug-likeness (QED) is 0.675. The van der Waals surface area contributed by atoms with E-state index in [9.17, 15) is 0 Å². The summed E-state index contributed by atoms with van der Waals surface area (Å²) in [5, 5.41) is 8.88. The Hall–Kier alpha value is -2.87. The molecule has 0 saturated heterocycles. The van der Waals surface area contributed by atoms with Gasteiger partial charge in [0.1, 0.15) is 11.6 Å². The second-order valence-electron chi connectivity index (χ2n) is 3.89. The summed E-state index contributed by atoms with van der Waals surface area (Å²) in [6, 6.07) is 12.9. The van der Waals surface area contributed by atoms with E-state index in [2.05, 4.69) is 21.0 Å². The molecule has 0 radical (unpaired) electrons. The van der Waals surface area contributed by atoms with E-state index in [-0.39, 0.29) is 0 Å². The molecule has 0 unspecified atom stereocenters. The number of anilines is 1. The Labute approximate surface area is 103 Å². The Balaban J connectivity index is 2.16. The van der Waals surface area contributed by atoms with Gasteiger partial charge in [0.2, 0.25) is 0 Å². The van der Waals surface area contributed by atoms with E-state index < -0.39 is 0 Å². The van der Waals surface area contributed by atoms with E-state index in [4.69, 9.17) is 11.0 Å². The van der Waals surface area contributed by atoms with Crippen LogP contribution in [0.25, 0.3) is 22.6 Å². The van der Waals surface area contributed by atoms with Gasteiger partial charge in [0, 0.05) is 5.56 Å². The van der Waals surface area contributed by atoms with Gasteiger partial charge in [-0.05, 0) is 24.3 Å². The molecular formula is C13H9N5. The first-order valence-electron chi connectivity index (χ1n) is 5.39. The van der Waals surface area contributed by atoms with Gasteiger partial charge in [0.25, 0.3) is 0 Å². The van der Waals surface area contributed by atoms with Crippen LogP contribution in [0.3, 0.4) is 0 Å². The third-order valence-electron chi connectivity index (χ3n) is 2.63. The van der Waals surface area contributed by atoms with Gasteiger partial charge < -0.3 is 10.7 Å². The van der Waals surface area contributed by atoms with Gasteiger partial charge in [-0.25, -0.2) is 9.97 Å². The number of imidazole rings is 1. The fourth-order valence-corrected chi connectivity index (χ4v) is 1.78. The van der Waals surface area contributed by atoms with Crippen LogP contribution < -0.4 is 5.73 Å². The Morgan fingerprint density at radius 3 is 2.89 bits per heavy atom. The third-order valence-corrected chi connectivity index (χ3v) is 2.63. The lowest BCUT2D eigenvalue weighted by Crippen LogP contribution is -1.88. The lowest BCUT2D eigenvalue weighted by Gasteiger charge is -1.95. The largest absolute Gasteiger partial charge is 0.384 e. The summed E-state index contributed by atoms with van der Waals surface area (Å²) >= 11 is 0. The molecule has 0 aliphatic heterocycles. The zero-order valence-corrected chi connectivity index (χ0v) is 9.38. The molecule has 0 amide bonds. The predicted octanol–water partition coefficient (Wildman–Crippen LogP) is 2.08. The number of nitrogens with zero attached hydrogens (tertiary/aromatic N) is 3. The van der Waals surface area contributed by atoms with E-state index in [1.54, 1.807) is 18.2 Å². The molecule has 0 bridgehead atoms. The number of nitriles is 1. The molecule has 86 valence electrons. The summed E-state index contributed by atoms with van der Waals surface area (Å²) in [4.78, 5) is 11.6. The lowest BCUT2D eigenvalue weighted by atomic mass is 10.1. The Kier molecular flexibility index (Phi) is 2.21. The summed E-state index contributed by atoms with van der Waals surface area (Å²) in [5.74, 6) is 1.12. The first kappa shape index (κ1) is 10.3.